The fourth-order valence-corrected chi connectivity index (χ4v) is 1.81. The van der Waals surface area contributed by atoms with Gasteiger partial charge in [-0.1, -0.05) is 52.0 Å². The molecular weight excluding hydrogens is 324 g/mol. The zero-order chi connectivity index (χ0) is 20.5. The number of hydrogen-bond acceptors (Lipinski definition) is 4. The molecule has 5 heteroatoms. The van der Waals surface area contributed by atoms with Crippen LogP contribution in [0.5, 0.6) is 0 Å². The predicted molar refractivity (Wildman–Crippen MR) is 114 cm³/mol. The first-order valence-corrected chi connectivity index (χ1v) is 9.18. The van der Waals surface area contributed by atoms with Crippen LogP contribution in [0, 0.1) is 17.2 Å². The van der Waals surface area contributed by atoms with Crippen LogP contribution in [0.2, 0.25) is 0 Å². The Morgan fingerprint density at radius 3 is 2.04 bits per heavy atom. The number of aliphatic imine (C=N–C) groups is 1. The van der Waals surface area contributed by atoms with Gasteiger partial charge in [0.05, 0.1) is 5.84 Å². The zero-order valence-electron chi connectivity index (χ0n) is 17.6. The summed E-state index contributed by atoms with van der Waals surface area (Å²) in [6, 6.07) is 7.68. The van der Waals surface area contributed by atoms with Gasteiger partial charge >= 0.3 is 0 Å². The third-order valence-corrected chi connectivity index (χ3v) is 3.65. The van der Waals surface area contributed by atoms with Crippen LogP contribution >= 0.6 is 0 Å². The molecule has 1 rings (SSSR count). The third-order valence-electron chi connectivity index (χ3n) is 3.65. The Bertz CT molecular complexity index is 517. The fraction of sp³-hybridized carbons (Fsp3) is 0.571. The number of carbonyl (C=O) groups is 1. The van der Waals surface area contributed by atoms with E-state index in [2.05, 4.69) is 38.0 Å². The Labute approximate surface area is 160 Å². The molecule has 0 spiro atoms. The molecule has 0 aliphatic heterocycles. The van der Waals surface area contributed by atoms with E-state index >= 15 is 0 Å². The molecule has 1 aromatic rings. The lowest BCUT2D eigenvalue weighted by Crippen LogP contribution is -2.12. The predicted octanol–water partition coefficient (Wildman–Crippen LogP) is 3.70. The average Bonchev–Trinajstić information content (AvgIpc) is 2.62. The van der Waals surface area contributed by atoms with E-state index in [1.54, 1.807) is 14.0 Å². The molecule has 0 radical (unpaired) electrons. The van der Waals surface area contributed by atoms with Crippen LogP contribution < -0.4 is 11.1 Å². The summed E-state index contributed by atoms with van der Waals surface area (Å²) in [5.41, 5.74) is 7.68. The SMILES string of the molecule is CCC(C)C(=N)c1ccc(CC=O)cc1.CN=C(C)N.CNCC(C)C. The van der Waals surface area contributed by atoms with E-state index in [9.17, 15) is 4.79 Å². The summed E-state index contributed by atoms with van der Waals surface area (Å²) in [7, 11) is 3.63. The Kier molecular flexibility index (Phi) is 16.6. The van der Waals surface area contributed by atoms with Gasteiger partial charge in [0.25, 0.3) is 0 Å². The summed E-state index contributed by atoms with van der Waals surface area (Å²) < 4.78 is 0. The lowest BCUT2D eigenvalue weighted by atomic mass is 9.95. The smallest absolute Gasteiger partial charge is 0.124 e. The average molecular weight is 363 g/mol. The summed E-state index contributed by atoms with van der Waals surface area (Å²) in [4.78, 5) is 13.9. The number of hydrogen-bond donors (Lipinski definition) is 3. The number of nitrogens with zero attached hydrogens (tertiary/aromatic N) is 1. The molecule has 0 aromatic heterocycles. The monoisotopic (exact) mass is 362 g/mol. The molecule has 1 aromatic carbocycles. The van der Waals surface area contributed by atoms with Crippen LogP contribution in [0.1, 0.15) is 52.2 Å². The number of carbonyl (C=O) groups excluding carboxylic acids is 1. The molecule has 1 atom stereocenters. The van der Waals surface area contributed by atoms with Gasteiger partial charge in [0.1, 0.15) is 6.29 Å². The Balaban J connectivity index is 0. The van der Waals surface area contributed by atoms with Crippen LogP contribution in [0.25, 0.3) is 0 Å². The highest BCUT2D eigenvalue weighted by atomic mass is 16.1. The Morgan fingerprint density at radius 1 is 1.27 bits per heavy atom. The first-order chi connectivity index (χ1) is 12.2. The van der Waals surface area contributed by atoms with Crippen molar-refractivity contribution in [1.29, 1.82) is 5.41 Å². The van der Waals surface area contributed by atoms with Crippen LogP contribution in [0.4, 0.5) is 0 Å². The number of rotatable bonds is 7. The molecule has 0 saturated carbocycles. The second kappa shape index (κ2) is 16.5. The lowest BCUT2D eigenvalue weighted by Gasteiger charge is -2.10. The zero-order valence-corrected chi connectivity index (χ0v) is 17.6. The van der Waals surface area contributed by atoms with Crippen molar-refractivity contribution in [2.75, 3.05) is 20.6 Å². The largest absolute Gasteiger partial charge is 0.388 e. The molecule has 0 fully saturated rings. The van der Waals surface area contributed by atoms with Gasteiger partial charge in [0, 0.05) is 19.2 Å². The minimum Gasteiger partial charge on any atom is -0.388 e. The van der Waals surface area contributed by atoms with Crippen molar-refractivity contribution < 1.29 is 4.79 Å². The topological polar surface area (TPSA) is 91.3 Å². The van der Waals surface area contributed by atoms with Crippen molar-refractivity contribution in [2.24, 2.45) is 22.6 Å². The maximum Gasteiger partial charge on any atom is 0.124 e. The molecule has 26 heavy (non-hydrogen) atoms. The lowest BCUT2D eigenvalue weighted by molar-refractivity contribution is -0.107. The molecule has 0 aliphatic rings. The molecule has 0 saturated heterocycles. The standard InChI is InChI=1S/C13H17NO.C5H13N.C3H8N2/c1-3-10(2)13(14)12-6-4-11(5-7-12)8-9-15;1-5(2)4-6-3;1-3(4)5-2/h4-7,9-10,14H,3,8H2,1-2H3;5-6H,4H2,1-3H3;1-2H3,(H2,4,5). The summed E-state index contributed by atoms with van der Waals surface area (Å²) in [6.45, 7) is 11.4. The Morgan fingerprint density at radius 2 is 1.77 bits per heavy atom. The molecule has 5 nitrogen and oxygen atoms in total. The molecule has 0 bridgehead atoms. The first-order valence-electron chi connectivity index (χ1n) is 9.18. The van der Waals surface area contributed by atoms with Crippen molar-refractivity contribution in [3.63, 3.8) is 0 Å². The van der Waals surface area contributed by atoms with Crippen molar-refractivity contribution in [3.8, 4) is 0 Å². The first kappa shape index (κ1) is 26.2. The van der Waals surface area contributed by atoms with E-state index in [1.807, 2.05) is 31.3 Å². The van der Waals surface area contributed by atoms with E-state index in [0.29, 0.717) is 23.9 Å². The van der Waals surface area contributed by atoms with Crippen molar-refractivity contribution in [1.82, 2.24) is 5.32 Å². The van der Waals surface area contributed by atoms with Crippen molar-refractivity contribution >= 4 is 17.8 Å². The quantitative estimate of drug-likeness (QED) is 0.392. The number of aldehydes is 1. The van der Waals surface area contributed by atoms with E-state index in [-0.39, 0.29) is 0 Å². The highest BCUT2D eigenvalue weighted by Gasteiger charge is 2.08. The molecule has 4 N–H and O–H groups in total. The van der Waals surface area contributed by atoms with Crippen molar-refractivity contribution in [2.45, 2.75) is 47.5 Å². The minimum atomic E-state index is 0.293. The van der Waals surface area contributed by atoms with E-state index in [1.165, 1.54) is 0 Å². The van der Waals surface area contributed by atoms with Crippen LogP contribution in [0.3, 0.4) is 0 Å². The van der Waals surface area contributed by atoms with E-state index < -0.39 is 0 Å². The number of benzene rings is 1. The highest BCUT2D eigenvalue weighted by Crippen LogP contribution is 2.12. The highest BCUT2D eigenvalue weighted by molar-refractivity contribution is 5.99. The van der Waals surface area contributed by atoms with E-state index in [0.717, 1.165) is 36.3 Å². The van der Waals surface area contributed by atoms with Gasteiger partial charge in [0.15, 0.2) is 0 Å². The molecule has 0 aliphatic carbocycles. The third kappa shape index (κ3) is 14.3. The summed E-state index contributed by atoms with van der Waals surface area (Å²) in [5, 5.41) is 11.0. The number of amidine groups is 1. The van der Waals surface area contributed by atoms with Gasteiger partial charge in [-0.3, -0.25) is 4.99 Å². The van der Waals surface area contributed by atoms with Gasteiger partial charge in [-0.2, -0.15) is 0 Å². The Hall–Kier alpha value is -2.01. The molecule has 0 amide bonds. The molecule has 0 heterocycles. The molecule has 148 valence electrons. The summed E-state index contributed by atoms with van der Waals surface area (Å²) >= 11 is 0. The summed E-state index contributed by atoms with van der Waals surface area (Å²) in [5.74, 6) is 1.71. The fourth-order valence-electron chi connectivity index (χ4n) is 1.81. The van der Waals surface area contributed by atoms with Crippen LogP contribution in [0.15, 0.2) is 29.3 Å². The molecule has 1 unspecified atom stereocenters. The van der Waals surface area contributed by atoms with Gasteiger partial charge < -0.3 is 21.3 Å². The van der Waals surface area contributed by atoms with Gasteiger partial charge in [-0.15, -0.1) is 0 Å². The molecular formula is C21H38N4O. The van der Waals surface area contributed by atoms with Crippen molar-refractivity contribution in [3.05, 3.63) is 35.4 Å². The van der Waals surface area contributed by atoms with E-state index in [4.69, 9.17) is 11.1 Å². The van der Waals surface area contributed by atoms with Gasteiger partial charge in [-0.05, 0) is 49.9 Å². The second-order valence-corrected chi connectivity index (χ2v) is 6.61. The normalized spacial score (nSPS) is 11.6. The van der Waals surface area contributed by atoms with Gasteiger partial charge in [-0.25, -0.2) is 0 Å². The number of nitrogens with two attached hydrogens (primary N) is 1. The number of nitrogens with one attached hydrogen (secondary N) is 2. The van der Waals surface area contributed by atoms with Crippen LogP contribution in [-0.4, -0.2) is 38.5 Å². The maximum atomic E-state index is 10.3. The second-order valence-electron chi connectivity index (χ2n) is 6.61. The maximum absolute atomic E-state index is 10.3. The minimum absolute atomic E-state index is 0.293. The summed E-state index contributed by atoms with van der Waals surface area (Å²) in [6.07, 6.45) is 2.33. The van der Waals surface area contributed by atoms with Gasteiger partial charge in [0.2, 0.25) is 0 Å². The van der Waals surface area contributed by atoms with Crippen LogP contribution in [-0.2, 0) is 11.2 Å².